The summed E-state index contributed by atoms with van der Waals surface area (Å²) in [5.74, 6) is -0.789. The fraction of sp³-hybridized carbons (Fsp3) is 0.667. The van der Waals surface area contributed by atoms with E-state index in [4.69, 9.17) is 4.74 Å². The molecule has 9 heteroatoms. The predicted molar refractivity (Wildman–Crippen MR) is 125 cm³/mol. The zero-order valence-electron chi connectivity index (χ0n) is 19.6. The highest BCUT2D eigenvalue weighted by atomic mass is 16.6. The number of aliphatic carboxylic acids is 1. The summed E-state index contributed by atoms with van der Waals surface area (Å²) in [6.07, 6.45) is 1.51. The lowest BCUT2D eigenvalue weighted by atomic mass is 10.0. The molecule has 9 nitrogen and oxygen atoms in total. The Morgan fingerprint density at radius 1 is 1.00 bits per heavy atom. The Morgan fingerprint density at radius 2 is 1.70 bits per heavy atom. The van der Waals surface area contributed by atoms with Crippen LogP contribution >= 0.6 is 0 Å². The minimum absolute atomic E-state index is 0.0675. The molecule has 0 radical (unpaired) electrons. The van der Waals surface area contributed by atoms with Crippen LogP contribution in [0.3, 0.4) is 0 Å². The van der Waals surface area contributed by atoms with Crippen molar-refractivity contribution in [1.29, 1.82) is 0 Å². The van der Waals surface area contributed by atoms with Gasteiger partial charge >= 0.3 is 12.1 Å². The average Bonchev–Trinajstić information content (AvgIpc) is 3.13. The lowest BCUT2D eigenvalue weighted by Gasteiger charge is -2.43. The van der Waals surface area contributed by atoms with Gasteiger partial charge in [0.2, 0.25) is 0 Å². The van der Waals surface area contributed by atoms with Gasteiger partial charge in [0, 0.05) is 65.4 Å². The number of piperazine rings is 2. The molecule has 1 aromatic carbocycles. The van der Waals surface area contributed by atoms with E-state index >= 15 is 0 Å². The Kier molecular flexibility index (Phi) is 8.19. The van der Waals surface area contributed by atoms with E-state index in [-0.39, 0.29) is 24.9 Å². The molecule has 33 heavy (non-hydrogen) atoms. The van der Waals surface area contributed by atoms with E-state index in [0.717, 1.165) is 58.7 Å². The van der Waals surface area contributed by atoms with E-state index in [1.54, 1.807) is 11.9 Å². The molecule has 0 spiro atoms. The zero-order chi connectivity index (χ0) is 23.2. The average molecular weight is 460 g/mol. The van der Waals surface area contributed by atoms with Crippen LogP contribution in [0.15, 0.2) is 30.3 Å². The molecule has 3 aliphatic heterocycles. The summed E-state index contributed by atoms with van der Waals surface area (Å²) in [7, 11) is 1.76. The molecule has 1 aromatic rings. The quantitative estimate of drug-likeness (QED) is 0.587. The number of nitrogens with zero attached hydrogens (tertiary/aromatic N) is 5. The van der Waals surface area contributed by atoms with E-state index in [9.17, 15) is 14.7 Å². The van der Waals surface area contributed by atoms with Crippen LogP contribution in [0, 0.1) is 0 Å². The van der Waals surface area contributed by atoms with Crippen molar-refractivity contribution in [2.24, 2.45) is 0 Å². The highest BCUT2D eigenvalue weighted by Crippen LogP contribution is 2.23. The molecule has 1 amide bonds. The predicted octanol–water partition coefficient (Wildman–Crippen LogP) is 1.06. The fourth-order valence-electron chi connectivity index (χ4n) is 5.19. The van der Waals surface area contributed by atoms with Crippen molar-refractivity contribution in [3.63, 3.8) is 0 Å². The van der Waals surface area contributed by atoms with Gasteiger partial charge in [-0.05, 0) is 24.9 Å². The molecule has 182 valence electrons. The van der Waals surface area contributed by atoms with Crippen LogP contribution in [0.25, 0.3) is 0 Å². The number of carbonyl (C=O) groups excluding carboxylic acids is 1. The van der Waals surface area contributed by atoms with Gasteiger partial charge in [0.1, 0.15) is 0 Å². The minimum atomic E-state index is -0.789. The Bertz CT molecular complexity index is 786. The van der Waals surface area contributed by atoms with Crippen LogP contribution < -0.4 is 0 Å². The topological polar surface area (TPSA) is 79.8 Å². The van der Waals surface area contributed by atoms with Crippen LogP contribution in [0.5, 0.6) is 0 Å². The molecule has 0 aromatic heterocycles. The summed E-state index contributed by atoms with van der Waals surface area (Å²) < 4.78 is 5.58. The molecular formula is C24H37N5O4. The lowest BCUT2D eigenvalue weighted by Crippen LogP contribution is -2.58. The molecule has 0 saturated carbocycles. The Labute approximate surface area is 196 Å². The van der Waals surface area contributed by atoms with Gasteiger partial charge in [0.25, 0.3) is 0 Å². The number of hydrogen-bond donors (Lipinski definition) is 1. The van der Waals surface area contributed by atoms with Crippen LogP contribution in [-0.2, 0) is 16.1 Å². The number of amides is 1. The number of carbonyl (C=O) groups is 2. The van der Waals surface area contributed by atoms with Crippen LogP contribution in [0.1, 0.15) is 18.4 Å². The second-order valence-electron chi connectivity index (χ2n) is 9.49. The number of benzene rings is 1. The summed E-state index contributed by atoms with van der Waals surface area (Å²) in [6.45, 7) is 9.14. The second kappa shape index (κ2) is 11.3. The lowest BCUT2D eigenvalue weighted by molar-refractivity contribution is -0.139. The highest BCUT2D eigenvalue weighted by molar-refractivity contribution is 5.69. The number of ether oxygens (including phenoxy) is 1. The highest BCUT2D eigenvalue weighted by Gasteiger charge is 2.39. The zero-order valence-corrected chi connectivity index (χ0v) is 19.6. The third-order valence-electron chi connectivity index (χ3n) is 7.05. The van der Waals surface area contributed by atoms with Crippen molar-refractivity contribution in [2.75, 3.05) is 72.5 Å². The first-order valence-electron chi connectivity index (χ1n) is 12.1. The van der Waals surface area contributed by atoms with Crippen molar-refractivity contribution in [3.8, 4) is 0 Å². The number of carboxylic acid groups (broad SMARTS) is 1. The van der Waals surface area contributed by atoms with Crippen molar-refractivity contribution in [1.82, 2.24) is 24.5 Å². The molecule has 3 aliphatic rings. The normalized spacial score (nSPS) is 26.0. The van der Waals surface area contributed by atoms with E-state index in [2.05, 4.69) is 45.0 Å². The summed E-state index contributed by atoms with van der Waals surface area (Å²) >= 11 is 0. The molecule has 3 saturated heterocycles. The van der Waals surface area contributed by atoms with E-state index in [0.29, 0.717) is 19.6 Å². The molecule has 0 bridgehead atoms. The standard InChI is InChI=1S/C24H37N5O4/c1-25-18-22(33-24(25)32)29-15-14-28(19-23(30)31)17-21(29)8-5-9-26-10-12-27(13-11-26)16-20-6-3-2-4-7-20/h2-4,6-7,21-22H,5,8-19H2,1H3,(H,30,31). The number of cyclic esters (lactones) is 1. The van der Waals surface area contributed by atoms with Crippen molar-refractivity contribution >= 4 is 12.1 Å². The first kappa shape index (κ1) is 23.9. The van der Waals surface area contributed by atoms with Gasteiger partial charge in [-0.1, -0.05) is 30.3 Å². The molecule has 0 aliphatic carbocycles. The number of carboxylic acids is 1. The van der Waals surface area contributed by atoms with E-state index in [1.807, 2.05) is 4.90 Å². The number of hydrogen-bond acceptors (Lipinski definition) is 7. The second-order valence-corrected chi connectivity index (χ2v) is 9.49. The van der Waals surface area contributed by atoms with Crippen molar-refractivity contribution in [2.45, 2.75) is 31.7 Å². The summed E-state index contributed by atoms with van der Waals surface area (Å²) in [5.41, 5.74) is 1.37. The van der Waals surface area contributed by atoms with Gasteiger partial charge in [-0.3, -0.25) is 19.5 Å². The van der Waals surface area contributed by atoms with Crippen LogP contribution in [-0.4, -0.2) is 126 Å². The maximum Gasteiger partial charge on any atom is 0.411 e. The van der Waals surface area contributed by atoms with Gasteiger partial charge in [-0.15, -0.1) is 0 Å². The Hall–Kier alpha value is -2.20. The fourth-order valence-corrected chi connectivity index (χ4v) is 5.19. The third kappa shape index (κ3) is 6.66. The maximum absolute atomic E-state index is 11.9. The van der Waals surface area contributed by atoms with Crippen LogP contribution in [0.2, 0.25) is 0 Å². The first-order chi connectivity index (χ1) is 16.0. The van der Waals surface area contributed by atoms with Crippen LogP contribution in [0.4, 0.5) is 4.79 Å². The van der Waals surface area contributed by atoms with E-state index in [1.165, 1.54) is 5.56 Å². The van der Waals surface area contributed by atoms with Gasteiger partial charge in [-0.2, -0.15) is 0 Å². The van der Waals surface area contributed by atoms with Crippen molar-refractivity contribution < 1.29 is 19.4 Å². The molecule has 3 heterocycles. The smallest absolute Gasteiger partial charge is 0.411 e. The van der Waals surface area contributed by atoms with Gasteiger partial charge in [0.05, 0.1) is 13.1 Å². The van der Waals surface area contributed by atoms with Gasteiger partial charge in [-0.25, -0.2) is 4.79 Å². The monoisotopic (exact) mass is 459 g/mol. The van der Waals surface area contributed by atoms with Crippen molar-refractivity contribution in [3.05, 3.63) is 35.9 Å². The number of likely N-dealkylation sites (N-methyl/N-ethyl adjacent to an activating group) is 1. The maximum atomic E-state index is 11.9. The summed E-state index contributed by atoms with van der Waals surface area (Å²) in [5, 5.41) is 9.22. The molecule has 4 rings (SSSR count). The van der Waals surface area contributed by atoms with E-state index < -0.39 is 5.97 Å². The molecule has 3 fully saturated rings. The first-order valence-corrected chi connectivity index (χ1v) is 12.1. The largest absolute Gasteiger partial charge is 0.480 e. The number of rotatable bonds is 9. The summed E-state index contributed by atoms with van der Waals surface area (Å²) in [4.78, 5) is 34.0. The molecule has 2 unspecified atom stereocenters. The minimum Gasteiger partial charge on any atom is -0.480 e. The third-order valence-corrected chi connectivity index (χ3v) is 7.05. The molecule has 1 N–H and O–H groups in total. The molecule has 2 atom stereocenters. The SMILES string of the molecule is CN1CC(N2CCN(CC(=O)O)CC2CCCN2CCN(Cc3ccccc3)CC2)OC1=O. The van der Waals surface area contributed by atoms with Gasteiger partial charge in [0.15, 0.2) is 6.23 Å². The Balaban J connectivity index is 1.24. The summed E-state index contributed by atoms with van der Waals surface area (Å²) in [6, 6.07) is 10.8. The molecular weight excluding hydrogens is 422 g/mol. The van der Waals surface area contributed by atoms with Gasteiger partial charge < -0.3 is 19.6 Å². The Morgan fingerprint density at radius 3 is 2.36 bits per heavy atom.